The summed E-state index contributed by atoms with van der Waals surface area (Å²) < 4.78 is 1.12. The predicted molar refractivity (Wildman–Crippen MR) is 72.8 cm³/mol. The molecular weight excluding hydrogens is 284 g/mol. The minimum absolute atomic E-state index is 0.212. The monoisotopic (exact) mass is 302 g/mol. The molecule has 1 aromatic heterocycles. The van der Waals surface area contributed by atoms with E-state index in [1.54, 1.807) is 11.3 Å². The van der Waals surface area contributed by atoms with Gasteiger partial charge in [-0.25, -0.2) is 0 Å². The zero-order valence-electron chi connectivity index (χ0n) is 10.2. The molecule has 2 rings (SSSR count). The van der Waals surface area contributed by atoms with Gasteiger partial charge in [0.1, 0.15) is 0 Å². The Balaban J connectivity index is 2.03. The Kier molecular flexibility index (Phi) is 3.01. The zero-order valence-corrected chi connectivity index (χ0v) is 12.7. The topological polar surface area (TPSA) is 20.2 Å². The smallest absolute Gasteiger partial charge is 0.0627 e. The Morgan fingerprint density at radius 2 is 1.94 bits per heavy atom. The molecular formula is C13H19BrOS. The second-order valence-corrected chi connectivity index (χ2v) is 7.84. The van der Waals surface area contributed by atoms with Gasteiger partial charge in [-0.1, -0.05) is 27.7 Å². The summed E-state index contributed by atoms with van der Waals surface area (Å²) in [6, 6.07) is 2.11. The summed E-state index contributed by atoms with van der Waals surface area (Å²) in [5.41, 5.74) is 0.530. The van der Waals surface area contributed by atoms with Crippen LogP contribution >= 0.6 is 27.3 Å². The molecule has 90 valence electrons. The maximum atomic E-state index is 10.3. The molecule has 1 heterocycles. The Hall–Kier alpha value is 0.140. The van der Waals surface area contributed by atoms with E-state index in [0.29, 0.717) is 5.92 Å². The lowest BCUT2D eigenvalue weighted by Crippen LogP contribution is -2.16. The lowest BCUT2D eigenvalue weighted by atomic mass is 10.0. The molecule has 3 heteroatoms. The lowest BCUT2D eigenvalue weighted by Gasteiger charge is -2.11. The highest BCUT2D eigenvalue weighted by atomic mass is 79.9. The molecule has 1 fully saturated rings. The van der Waals surface area contributed by atoms with Crippen LogP contribution in [0, 0.1) is 16.7 Å². The Morgan fingerprint density at radius 3 is 2.31 bits per heavy atom. The third kappa shape index (κ3) is 1.87. The summed E-state index contributed by atoms with van der Waals surface area (Å²) in [7, 11) is 0. The van der Waals surface area contributed by atoms with Gasteiger partial charge in [-0.05, 0) is 38.7 Å². The summed E-state index contributed by atoms with van der Waals surface area (Å²) in [5.74, 6) is 0.417. The normalized spacial score (nSPS) is 24.4. The highest BCUT2D eigenvalue weighted by molar-refractivity contribution is 9.10. The molecule has 0 amide bonds. The van der Waals surface area contributed by atoms with Crippen LogP contribution in [0.2, 0.25) is 0 Å². The van der Waals surface area contributed by atoms with Crippen molar-refractivity contribution in [1.82, 2.24) is 0 Å². The molecule has 0 aromatic carbocycles. The van der Waals surface area contributed by atoms with Crippen molar-refractivity contribution >= 4 is 27.3 Å². The fourth-order valence-corrected chi connectivity index (χ4v) is 4.50. The number of hydrogen-bond acceptors (Lipinski definition) is 2. The molecule has 1 nitrogen and oxygen atoms in total. The highest BCUT2D eigenvalue weighted by Gasteiger charge is 2.66. The van der Waals surface area contributed by atoms with Crippen molar-refractivity contribution in [3.63, 3.8) is 0 Å². The first-order chi connectivity index (χ1) is 7.26. The Bertz CT molecular complexity index is 380. The second kappa shape index (κ2) is 3.82. The SMILES string of the molecule is CC1(C)C(C(O)Cc2cc(Br)cs2)C1(C)C. The standard InChI is InChI=1S/C13H19BrOS/c1-12(2)11(13(12,3)4)10(15)6-9-5-8(14)7-16-9/h5,7,10-11,15H,6H2,1-4H3. The molecule has 0 aliphatic heterocycles. The van der Waals surface area contributed by atoms with Crippen LogP contribution in [0.15, 0.2) is 15.9 Å². The summed E-state index contributed by atoms with van der Waals surface area (Å²) in [6.07, 6.45) is 0.573. The largest absolute Gasteiger partial charge is 0.392 e. The second-order valence-electron chi connectivity index (χ2n) is 5.92. The quantitative estimate of drug-likeness (QED) is 0.891. The molecule has 16 heavy (non-hydrogen) atoms. The van der Waals surface area contributed by atoms with Gasteiger partial charge in [0.25, 0.3) is 0 Å². The lowest BCUT2D eigenvalue weighted by molar-refractivity contribution is 0.130. The summed E-state index contributed by atoms with van der Waals surface area (Å²) in [4.78, 5) is 1.26. The minimum atomic E-state index is -0.212. The van der Waals surface area contributed by atoms with Crippen LogP contribution in [-0.4, -0.2) is 11.2 Å². The number of aliphatic hydroxyl groups excluding tert-OH is 1. The molecule has 0 bridgehead atoms. The van der Waals surface area contributed by atoms with E-state index in [2.05, 4.69) is 55.1 Å². The minimum Gasteiger partial charge on any atom is -0.392 e. The number of thiophene rings is 1. The van der Waals surface area contributed by atoms with Gasteiger partial charge in [0, 0.05) is 21.2 Å². The number of halogens is 1. The van der Waals surface area contributed by atoms with Gasteiger partial charge < -0.3 is 5.11 Å². The fraction of sp³-hybridized carbons (Fsp3) is 0.692. The average molecular weight is 303 g/mol. The van der Waals surface area contributed by atoms with Crippen LogP contribution in [0.25, 0.3) is 0 Å². The van der Waals surface area contributed by atoms with Crippen molar-refractivity contribution in [2.45, 2.75) is 40.2 Å². The van der Waals surface area contributed by atoms with Crippen molar-refractivity contribution in [2.24, 2.45) is 16.7 Å². The predicted octanol–water partition coefficient (Wildman–Crippen LogP) is 4.10. The molecule has 1 N–H and O–H groups in total. The molecule has 1 aliphatic rings. The Morgan fingerprint density at radius 1 is 1.38 bits per heavy atom. The molecule has 0 spiro atoms. The van der Waals surface area contributed by atoms with Gasteiger partial charge in [0.15, 0.2) is 0 Å². The van der Waals surface area contributed by atoms with Gasteiger partial charge in [-0.15, -0.1) is 11.3 Å². The van der Waals surface area contributed by atoms with E-state index in [0.717, 1.165) is 10.9 Å². The van der Waals surface area contributed by atoms with E-state index in [1.807, 2.05) is 0 Å². The molecule has 0 radical (unpaired) electrons. The van der Waals surface area contributed by atoms with Crippen molar-refractivity contribution < 1.29 is 5.11 Å². The maximum absolute atomic E-state index is 10.3. The maximum Gasteiger partial charge on any atom is 0.0627 e. The van der Waals surface area contributed by atoms with Gasteiger partial charge in [-0.2, -0.15) is 0 Å². The molecule has 1 aliphatic carbocycles. The van der Waals surface area contributed by atoms with Crippen LogP contribution in [-0.2, 0) is 6.42 Å². The van der Waals surface area contributed by atoms with Crippen LogP contribution in [0.3, 0.4) is 0 Å². The van der Waals surface area contributed by atoms with E-state index in [9.17, 15) is 5.11 Å². The van der Waals surface area contributed by atoms with E-state index in [4.69, 9.17) is 0 Å². The van der Waals surface area contributed by atoms with Crippen LogP contribution in [0.1, 0.15) is 32.6 Å². The molecule has 1 unspecified atom stereocenters. The van der Waals surface area contributed by atoms with Crippen molar-refractivity contribution in [2.75, 3.05) is 0 Å². The van der Waals surface area contributed by atoms with Crippen molar-refractivity contribution in [1.29, 1.82) is 0 Å². The van der Waals surface area contributed by atoms with Gasteiger partial charge in [-0.3, -0.25) is 0 Å². The van der Waals surface area contributed by atoms with Gasteiger partial charge in [0.2, 0.25) is 0 Å². The van der Waals surface area contributed by atoms with Crippen molar-refractivity contribution in [3.8, 4) is 0 Å². The third-order valence-corrected chi connectivity index (χ3v) is 6.27. The molecule has 1 aromatic rings. The van der Waals surface area contributed by atoms with E-state index < -0.39 is 0 Å². The van der Waals surface area contributed by atoms with Crippen molar-refractivity contribution in [3.05, 3.63) is 20.8 Å². The highest BCUT2D eigenvalue weighted by Crippen LogP contribution is 2.69. The molecule has 0 saturated heterocycles. The molecule has 1 atom stereocenters. The third-order valence-electron chi connectivity index (χ3n) is 4.55. The number of hydrogen-bond donors (Lipinski definition) is 1. The average Bonchev–Trinajstić information content (AvgIpc) is 2.44. The number of aliphatic hydroxyl groups is 1. The summed E-state index contributed by atoms with van der Waals surface area (Å²) in [6.45, 7) is 9.02. The first-order valence-electron chi connectivity index (χ1n) is 5.68. The van der Waals surface area contributed by atoms with Gasteiger partial charge >= 0.3 is 0 Å². The summed E-state index contributed by atoms with van der Waals surface area (Å²) in [5, 5.41) is 12.4. The summed E-state index contributed by atoms with van der Waals surface area (Å²) >= 11 is 5.16. The van der Waals surface area contributed by atoms with Crippen LogP contribution in [0.4, 0.5) is 0 Å². The van der Waals surface area contributed by atoms with Gasteiger partial charge in [0.05, 0.1) is 6.10 Å². The number of rotatable bonds is 3. The van der Waals surface area contributed by atoms with Crippen LogP contribution in [0.5, 0.6) is 0 Å². The first kappa shape index (κ1) is 12.6. The molecule has 1 saturated carbocycles. The fourth-order valence-electron chi connectivity index (χ4n) is 2.99. The van der Waals surface area contributed by atoms with E-state index >= 15 is 0 Å². The Labute approximate surface area is 110 Å². The van der Waals surface area contributed by atoms with Crippen LogP contribution < -0.4 is 0 Å². The zero-order chi connectivity index (χ0) is 12.1. The van der Waals surface area contributed by atoms with E-state index in [1.165, 1.54) is 4.88 Å². The van der Waals surface area contributed by atoms with E-state index in [-0.39, 0.29) is 16.9 Å². The first-order valence-corrected chi connectivity index (χ1v) is 7.35.